The zero-order valence-electron chi connectivity index (χ0n) is 38.5. The molecule has 18 heteroatoms. The summed E-state index contributed by atoms with van der Waals surface area (Å²) < 4.78 is 100. The van der Waals surface area contributed by atoms with Gasteiger partial charge in [0.2, 0.25) is 0 Å². The van der Waals surface area contributed by atoms with Crippen LogP contribution in [0.4, 0.5) is 47.3 Å². The molecule has 0 spiro atoms. The van der Waals surface area contributed by atoms with Crippen LogP contribution in [0.25, 0.3) is 0 Å². The van der Waals surface area contributed by atoms with Gasteiger partial charge in [-0.2, -0.15) is 0 Å². The minimum atomic E-state index is -3.70. The molecule has 6 aromatic rings. The number of hydrogen-bond acceptors (Lipinski definition) is 8. The number of rotatable bonds is 10. The summed E-state index contributed by atoms with van der Waals surface area (Å²) in [6.45, 7) is 8.81. The fraction of sp³-hybridized carbons (Fsp3) is 0.265. The molecule has 6 aromatic carbocycles. The molecule has 2 fully saturated rings. The highest BCUT2D eigenvalue weighted by molar-refractivity contribution is 14.1. The Hall–Kier alpha value is -4.88. The lowest BCUT2D eigenvalue weighted by molar-refractivity contribution is 0.592. The predicted octanol–water partition coefficient (Wildman–Crippen LogP) is 11.5. The van der Waals surface area contributed by atoms with Crippen LogP contribution in [-0.4, -0.2) is 88.3 Å². The number of benzene rings is 6. The summed E-state index contributed by atoms with van der Waals surface area (Å²) in [4.78, 5) is 10.6. The van der Waals surface area contributed by atoms with Crippen molar-refractivity contribution >= 4 is 100.0 Å². The molecule has 0 aliphatic carbocycles. The molecule has 358 valence electrons. The second kappa shape index (κ2) is 24.4. The summed E-state index contributed by atoms with van der Waals surface area (Å²) in [5, 5.41) is 0.742. The topological polar surface area (TPSA) is 96.5 Å². The van der Waals surface area contributed by atoms with E-state index in [9.17, 15) is 30.0 Å². The molecule has 2 saturated heterocycles. The summed E-state index contributed by atoms with van der Waals surface area (Å²) in [5.41, 5.74) is 5.82. The number of sulfonamides is 2. The molecule has 2 aliphatic rings. The molecule has 0 bridgehead atoms. The predicted molar refractivity (Wildman–Crippen MR) is 280 cm³/mol. The number of nitrogens with one attached hydrogen (secondary N) is 1. The summed E-state index contributed by atoms with van der Waals surface area (Å²) >= 11 is 13.9. The van der Waals surface area contributed by atoms with Crippen LogP contribution in [0.1, 0.15) is 12.5 Å². The molecule has 2 heterocycles. The first-order valence-electron chi connectivity index (χ1n) is 21.7. The van der Waals surface area contributed by atoms with Crippen molar-refractivity contribution in [3.63, 3.8) is 0 Å². The first kappa shape index (κ1) is 51.5. The zero-order valence-corrected chi connectivity index (χ0v) is 42.8. The number of nitrogens with zero attached hydrogens (tertiary/aromatic N) is 5. The number of aryl methyl sites for hydroxylation is 2. The maximum Gasteiger partial charge on any atom is 0.264 e. The van der Waals surface area contributed by atoms with Crippen LogP contribution >= 0.6 is 45.8 Å². The SMILES string of the molecule is CI.Cc1ccc(S(=O)(=O)N(C)c2ccccc2N2CCN(c3ccc(Cl)cc3F)CC2)cc1.Cc1ccc(S(=O)(=O)Nc2ccccc2N2CCN(c3ccc(Cl)cc3F)CC2)cc1.[2H]CF. The molecule has 0 saturated carbocycles. The van der Waals surface area contributed by atoms with Gasteiger partial charge in [0.05, 0.1) is 52.4 Å². The number of halogens is 6. The van der Waals surface area contributed by atoms with E-state index in [0.29, 0.717) is 85.2 Å². The maximum atomic E-state index is 14.3. The molecule has 1 N–H and O–H groups in total. The van der Waals surface area contributed by atoms with Crippen LogP contribution in [-0.2, 0) is 20.0 Å². The fourth-order valence-corrected chi connectivity index (χ4v) is 10.2. The minimum Gasteiger partial charge on any atom is -0.366 e. The lowest BCUT2D eigenvalue weighted by Crippen LogP contribution is -2.47. The number of anilines is 6. The smallest absolute Gasteiger partial charge is 0.264 e. The van der Waals surface area contributed by atoms with E-state index in [1.54, 1.807) is 92.0 Å². The lowest BCUT2D eigenvalue weighted by atomic mass is 10.2. The Morgan fingerprint density at radius 2 is 0.940 bits per heavy atom. The Morgan fingerprint density at radius 1 is 0.567 bits per heavy atom. The van der Waals surface area contributed by atoms with Crippen molar-refractivity contribution in [1.29, 1.82) is 0 Å². The number of hydrogen-bond donors (Lipinski definition) is 1. The molecule has 2 aliphatic heterocycles. The standard InChI is InChI=1S/C24H25ClFN3O2S.C23H23ClFN3O2S.CH3F.CH3I/c1-18-7-10-20(11-8-18)32(30,31)27(2)23-5-3-4-6-24(23)29-15-13-28(14-16-29)22-12-9-19(25)17-21(22)26;1-17-6-9-19(10-7-17)31(29,30)26-21-4-2-3-5-23(21)28-14-12-27(13-15-28)22-11-8-18(24)16-20(22)25;2*1-2/h3-12,17H,13-16H2,1-2H3;2-11,16,26H,12-15H2,1H3;2*1H3/i;;1D;. The number of para-hydroxylation sites is 4. The van der Waals surface area contributed by atoms with Gasteiger partial charge < -0.3 is 19.6 Å². The molecular formula is C49H54Cl2F3IN6O4S2. The van der Waals surface area contributed by atoms with Gasteiger partial charge in [-0.15, -0.1) is 0 Å². The van der Waals surface area contributed by atoms with Crippen molar-refractivity contribution in [2.24, 2.45) is 0 Å². The van der Waals surface area contributed by atoms with Gasteiger partial charge in [-0.3, -0.25) is 13.4 Å². The first-order chi connectivity index (χ1) is 32.5. The van der Waals surface area contributed by atoms with Crippen molar-refractivity contribution in [2.75, 3.05) is 100 Å². The van der Waals surface area contributed by atoms with E-state index in [1.165, 1.54) is 16.4 Å². The molecular weight excluding hydrogens is 1060 g/mol. The molecule has 0 atom stereocenters. The van der Waals surface area contributed by atoms with E-state index in [2.05, 4.69) is 37.1 Å². The third-order valence-corrected chi connectivity index (χ3v) is 14.8. The van der Waals surface area contributed by atoms with Gasteiger partial charge in [-0.1, -0.05) is 105 Å². The highest BCUT2D eigenvalue weighted by Crippen LogP contribution is 2.35. The Morgan fingerprint density at radius 3 is 1.39 bits per heavy atom. The van der Waals surface area contributed by atoms with Gasteiger partial charge >= 0.3 is 0 Å². The molecule has 10 nitrogen and oxygen atoms in total. The van der Waals surface area contributed by atoms with Gasteiger partial charge in [0.25, 0.3) is 20.0 Å². The Labute approximate surface area is 418 Å². The van der Waals surface area contributed by atoms with E-state index in [-0.39, 0.29) is 21.4 Å². The first-order valence-corrected chi connectivity index (χ1v) is 26.8. The number of alkyl halides is 2. The van der Waals surface area contributed by atoms with Gasteiger partial charge in [-0.05, 0) is 104 Å². The van der Waals surface area contributed by atoms with Gasteiger partial charge in [0, 0.05) is 69.5 Å². The normalized spacial score (nSPS) is 14.0. The third-order valence-electron chi connectivity index (χ3n) is 11.1. The van der Waals surface area contributed by atoms with Crippen molar-refractivity contribution in [1.82, 2.24) is 0 Å². The van der Waals surface area contributed by atoms with E-state index in [1.807, 2.05) is 65.0 Å². The summed E-state index contributed by atoms with van der Waals surface area (Å²) in [6.07, 6.45) is 0. The molecule has 8 rings (SSSR count). The average Bonchev–Trinajstić information content (AvgIpc) is 3.33. The molecule has 0 radical (unpaired) electrons. The van der Waals surface area contributed by atoms with Crippen LogP contribution in [0.15, 0.2) is 143 Å². The van der Waals surface area contributed by atoms with E-state index < -0.39 is 27.2 Å². The van der Waals surface area contributed by atoms with Crippen LogP contribution in [0.2, 0.25) is 10.0 Å². The monoisotopic (exact) mass is 1110 g/mol. The summed E-state index contributed by atoms with van der Waals surface area (Å²) in [5.74, 6) is -0.678. The molecule has 0 unspecified atom stereocenters. The summed E-state index contributed by atoms with van der Waals surface area (Å²) in [7, 11) is -6.83. The number of piperazine rings is 2. The quantitative estimate of drug-likeness (QED) is 0.107. The van der Waals surface area contributed by atoms with Crippen molar-refractivity contribution in [2.45, 2.75) is 23.6 Å². The van der Waals surface area contributed by atoms with Crippen LogP contribution in [0.5, 0.6) is 0 Å². The Balaban J connectivity index is 0.000000232. The third kappa shape index (κ3) is 13.4. The highest BCUT2D eigenvalue weighted by atomic mass is 127. The van der Waals surface area contributed by atoms with Gasteiger partial charge in [0.1, 0.15) is 11.6 Å². The fourth-order valence-electron chi connectivity index (χ4n) is 7.60. The van der Waals surface area contributed by atoms with Crippen LogP contribution in [0.3, 0.4) is 0 Å². The Kier molecular flexibility index (Phi) is 18.8. The van der Waals surface area contributed by atoms with Gasteiger partial charge in [0.15, 0.2) is 0 Å². The molecule has 0 amide bonds. The van der Waals surface area contributed by atoms with Crippen molar-refractivity contribution < 1.29 is 31.4 Å². The second-order valence-electron chi connectivity index (χ2n) is 15.3. The minimum absolute atomic E-state index is 0.218. The molecule has 67 heavy (non-hydrogen) atoms. The van der Waals surface area contributed by atoms with Crippen LogP contribution < -0.4 is 28.6 Å². The average molecular weight is 1110 g/mol. The second-order valence-corrected chi connectivity index (χ2v) is 19.9. The maximum absolute atomic E-state index is 14.3. The van der Waals surface area contributed by atoms with Crippen molar-refractivity contribution in [3.8, 4) is 0 Å². The van der Waals surface area contributed by atoms with E-state index >= 15 is 0 Å². The largest absolute Gasteiger partial charge is 0.366 e. The van der Waals surface area contributed by atoms with Gasteiger partial charge in [-0.25, -0.2) is 25.6 Å². The highest BCUT2D eigenvalue weighted by Gasteiger charge is 2.28. The lowest BCUT2D eigenvalue weighted by Gasteiger charge is -2.39. The van der Waals surface area contributed by atoms with E-state index in [4.69, 9.17) is 24.6 Å². The molecule has 0 aromatic heterocycles. The van der Waals surface area contributed by atoms with Crippen LogP contribution in [0, 0.1) is 25.5 Å². The van der Waals surface area contributed by atoms with Crippen molar-refractivity contribution in [3.05, 3.63) is 166 Å². The Bertz CT molecular complexity index is 2810. The zero-order chi connectivity index (χ0) is 49.6. The summed E-state index contributed by atoms with van der Waals surface area (Å²) in [6, 6.07) is 37.8. The van der Waals surface area contributed by atoms with E-state index in [0.717, 1.165) is 22.5 Å².